The molecule has 2 N–H and O–H groups in total. The SMILES string of the molecule is CC(C)Oc1c(F)c(Cl)c(-c2ccn3nc(NC(=O)[C@@H]4C[C@@H]4F)cc3c2)c2cn[nH]c12. The predicted molar refractivity (Wildman–Crippen MR) is 113 cm³/mol. The number of alkyl halides is 1. The Bertz CT molecular complexity index is 1330. The standard InChI is InChI=1S/C21H18ClF2N5O2/c1-9(2)31-20-18(24)17(22)16(13-8-25-27-19(13)20)10-3-4-29-11(5-10)6-15(28-29)26-21(30)12-7-14(12)23/h3-6,8-9,12,14H,7H2,1-2H3,(H,25,27)(H,26,28,30)/t12-,14+/m1/s1. The molecule has 31 heavy (non-hydrogen) atoms. The Labute approximate surface area is 180 Å². The van der Waals surface area contributed by atoms with E-state index in [9.17, 15) is 9.18 Å². The first-order chi connectivity index (χ1) is 14.8. The molecule has 7 nitrogen and oxygen atoms in total. The van der Waals surface area contributed by atoms with Crippen molar-refractivity contribution in [1.82, 2.24) is 19.8 Å². The van der Waals surface area contributed by atoms with Gasteiger partial charge < -0.3 is 10.1 Å². The van der Waals surface area contributed by atoms with Gasteiger partial charge in [-0.05, 0) is 38.0 Å². The number of amides is 1. The van der Waals surface area contributed by atoms with Gasteiger partial charge in [-0.25, -0.2) is 13.3 Å². The monoisotopic (exact) mass is 445 g/mol. The summed E-state index contributed by atoms with van der Waals surface area (Å²) in [5.74, 6) is -1.33. The Hall–Kier alpha value is -3.20. The summed E-state index contributed by atoms with van der Waals surface area (Å²) in [5.41, 5.74) is 2.17. The van der Waals surface area contributed by atoms with Crippen LogP contribution in [0.5, 0.6) is 5.75 Å². The van der Waals surface area contributed by atoms with Crippen LogP contribution in [0.3, 0.4) is 0 Å². The number of carbonyl (C=O) groups is 1. The normalized spacial score (nSPS) is 18.1. The predicted octanol–water partition coefficient (Wildman–Crippen LogP) is 4.75. The van der Waals surface area contributed by atoms with E-state index in [1.54, 1.807) is 49.0 Å². The van der Waals surface area contributed by atoms with Gasteiger partial charge in [-0.3, -0.25) is 9.89 Å². The second-order valence-electron chi connectivity index (χ2n) is 7.82. The highest BCUT2D eigenvalue weighted by Crippen LogP contribution is 2.43. The van der Waals surface area contributed by atoms with E-state index >= 15 is 4.39 Å². The smallest absolute Gasteiger partial charge is 0.231 e. The lowest BCUT2D eigenvalue weighted by atomic mass is 10.0. The van der Waals surface area contributed by atoms with Gasteiger partial charge in [0.25, 0.3) is 0 Å². The summed E-state index contributed by atoms with van der Waals surface area (Å²) in [6.07, 6.45) is 2.15. The number of carbonyl (C=O) groups excluding carboxylic acids is 1. The number of pyridine rings is 1. The number of fused-ring (bicyclic) bond motifs is 2. The lowest BCUT2D eigenvalue weighted by Gasteiger charge is -2.15. The second-order valence-corrected chi connectivity index (χ2v) is 8.20. The van der Waals surface area contributed by atoms with Gasteiger partial charge in [-0.2, -0.15) is 10.2 Å². The molecule has 1 aliphatic rings. The van der Waals surface area contributed by atoms with Crippen LogP contribution < -0.4 is 10.1 Å². The maximum Gasteiger partial charge on any atom is 0.231 e. The first-order valence-electron chi connectivity index (χ1n) is 9.79. The highest BCUT2D eigenvalue weighted by Gasteiger charge is 2.43. The second kappa shape index (κ2) is 7.19. The molecule has 1 fully saturated rings. The lowest BCUT2D eigenvalue weighted by molar-refractivity contribution is -0.117. The Morgan fingerprint density at radius 2 is 2.19 bits per heavy atom. The molecule has 1 saturated carbocycles. The summed E-state index contributed by atoms with van der Waals surface area (Å²) in [7, 11) is 0. The number of nitrogens with zero attached hydrogens (tertiary/aromatic N) is 3. The third kappa shape index (κ3) is 3.38. The van der Waals surface area contributed by atoms with Crippen LogP contribution in [0.2, 0.25) is 5.02 Å². The fourth-order valence-electron chi connectivity index (χ4n) is 3.58. The largest absolute Gasteiger partial charge is 0.486 e. The molecule has 0 bridgehead atoms. The number of nitrogens with one attached hydrogen (secondary N) is 2. The maximum absolute atomic E-state index is 15.1. The average Bonchev–Trinajstić information content (AvgIpc) is 3.11. The molecule has 10 heteroatoms. The number of aromatic nitrogens is 4. The van der Waals surface area contributed by atoms with Crippen LogP contribution in [-0.2, 0) is 4.79 Å². The molecule has 3 aromatic heterocycles. The summed E-state index contributed by atoms with van der Waals surface area (Å²) in [6.45, 7) is 3.59. The summed E-state index contributed by atoms with van der Waals surface area (Å²) < 4.78 is 35.4. The minimum Gasteiger partial charge on any atom is -0.486 e. The highest BCUT2D eigenvalue weighted by atomic mass is 35.5. The number of aromatic amines is 1. The molecule has 0 saturated heterocycles. The third-order valence-electron chi connectivity index (χ3n) is 5.15. The van der Waals surface area contributed by atoms with Crippen LogP contribution in [-0.4, -0.2) is 38.0 Å². The van der Waals surface area contributed by atoms with Crippen LogP contribution in [0, 0.1) is 11.7 Å². The van der Waals surface area contributed by atoms with Gasteiger partial charge in [0, 0.05) is 23.2 Å². The zero-order chi connectivity index (χ0) is 21.9. The van der Waals surface area contributed by atoms with E-state index < -0.39 is 17.9 Å². The minimum atomic E-state index is -1.08. The molecule has 1 aromatic carbocycles. The topological polar surface area (TPSA) is 84.3 Å². The van der Waals surface area contributed by atoms with Gasteiger partial charge in [-0.1, -0.05) is 11.6 Å². The van der Waals surface area contributed by atoms with Crippen LogP contribution in [0.25, 0.3) is 27.5 Å². The van der Waals surface area contributed by atoms with Crippen molar-refractivity contribution in [3.63, 3.8) is 0 Å². The van der Waals surface area contributed by atoms with Crippen molar-refractivity contribution in [2.45, 2.75) is 32.5 Å². The molecule has 1 aliphatic carbocycles. The van der Waals surface area contributed by atoms with Crippen LogP contribution in [0.15, 0.2) is 30.6 Å². The van der Waals surface area contributed by atoms with Gasteiger partial charge >= 0.3 is 0 Å². The molecule has 160 valence electrons. The quantitative estimate of drug-likeness (QED) is 0.464. The van der Waals surface area contributed by atoms with Crippen LogP contribution in [0.4, 0.5) is 14.6 Å². The molecular weight excluding hydrogens is 428 g/mol. The molecular formula is C21H18ClF2N5O2. The molecule has 0 unspecified atom stereocenters. The van der Waals surface area contributed by atoms with Gasteiger partial charge in [0.15, 0.2) is 17.4 Å². The number of hydrogen-bond acceptors (Lipinski definition) is 4. The third-order valence-corrected chi connectivity index (χ3v) is 5.51. The first kappa shape index (κ1) is 19.7. The van der Waals surface area contributed by atoms with Crippen molar-refractivity contribution in [2.24, 2.45) is 5.92 Å². The lowest BCUT2D eigenvalue weighted by Crippen LogP contribution is -2.15. The van der Waals surface area contributed by atoms with Crippen molar-refractivity contribution in [3.05, 3.63) is 41.4 Å². The molecule has 0 radical (unpaired) electrons. The zero-order valence-electron chi connectivity index (χ0n) is 16.6. The number of hydrogen-bond donors (Lipinski definition) is 2. The average molecular weight is 446 g/mol. The molecule has 1 amide bonds. The highest BCUT2D eigenvalue weighted by molar-refractivity contribution is 6.35. The number of benzene rings is 1. The number of anilines is 1. The molecule has 0 aliphatic heterocycles. The fourth-order valence-corrected chi connectivity index (χ4v) is 3.88. The minimum absolute atomic E-state index is 0.0259. The molecule has 4 aromatic rings. The number of halogens is 3. The van der Waals surface area contributed by atoms with Gasteiger partial charge in [0.1, 0.15) is 11.7 Å². The number of ether oxygens (including phenoxy) is 1. The summed E-state index contributed by atoms with van der Waals surface area (Å²) in [5, 5.41) is 14.3. The Balaban J connectivity index is 1.57. The zero-order valence-corrected chi connectivity index (χ0v) is 17.4. The molecule has 2 atom stereocenters. The Morgan fingerprint density at radius 1 is 1.42 bits per heavy atom. The molecule has 5 rings (SSSR count). The van der Waals surface area contributed by atoms with Crippen molar-refractivity contribution in [2.75, 3.05) is 5.32 Å². The summed E-state index contributed by atoms with van der Waals surface area (Å²) in [4.78, 5) is 12.0. The van der Waals surface area contributed by atoms with Crippen molar-refractivity contribution >= 4 is 39.7 Å². The maximum atomic E-state index is 15.1. The van der Waals surface area contributed by atoms with Crippen molar-refractivity contribution in [1.29, 1.82) is 0 Å². The van der Waals surface area contributed by atoms with Gasteiger partial charge in [0.05, 0.1) is 28.8 Å². The number of H-pyrrole nitrogens is 1. The van der Waals surface area contributed by atoms with E-state index in [1.165, 1.54) is 0 Å². The van der Waals surface area contributed by atoms with Crippen molar-refractivity contribution in [3.8, 4) is 16.9 Å². The van der Waals surface area contributed by atoms with Crippen LogP contribution >= 0.6 is 11.6 Å². The molecule has 0 spiro atoms. The van der Waals surface area contributed by atoms with E-state index in [0.29, 0.717) is 33.4 Å². The van der Waals surface area contributed by atoms with E-state index in [0.717, 1.165) is 0 Å². The van der Waals surface area contributed by atoms with E-state index in [4.69, 9.17) is 16.3 Å². The van der Waals surface area contributed by atoms with Gasteiger partial charge in [-0.15, -0.1) is 0 Å². The Kier molecular flexibility index (Phi) is 4.58. The van der Waals surface area contributed by atoms with E-state index in [1.807, 2.05) is 0 Å². The van der Waals surface area contributed by atoms with Crippen LogP contribution in [0.1, 0.15) is 20.3 Å². The summed E-state index contributed by atoms with van der Waals surface area (Å²) in [6, 6.07) is 5.16. The van der Waals surface area contributed by atoms with E-state index in [2.05, 4.69) is 20.6 Å². The van der Waals surface area contributed by atoms with Crippen molar-refractivity contribution < 1.29 is 18.3 Å². The number of rotatable bonds is 5. The first-order valence-corrected chi connectivity index (χ1v) is 10.2. The van der Waals surface area contributed by atoms with Gasteiger partial charge in [0.2, 0.25) is 5.91 Å². The Morgan fingerprint density at radius 3 is 2.90 bits per heavy atom. The molecule has 3 heterocycles. The fraction of sp³-hybridized carbons (Fsp3) is 0.286. The summed E-state index contributed by atoms with van der Waals surface area (Å²) >= 11 is 6.42. The van der Waals surface area contributed by atoms with E-state index in [-0.39, 0.29) is 29.2 Å².